The Hall–Kier alpha value is -2.64. The summed E-state index contributed by atoms with van der Waals surface area (Å²) >= 11 is 0. The highest BCUT2D eigenvalue weighted by Crippen LogP contribution is 2.33. The number of nitrogens with one attached hydrogen (secondary N) is 1. The summed E-state index contributed by atoms with van der Waals surface area (Å²) in [5, 5.41) is 2.90. The maximum Gasteiger partial charge on any atom is 0.257 e. The zero-order valence-corrected chi connectivity index (χ0v) is 16.0. The van der Waals surface area contributed by atoms with Crippen LogP contribution in [0.2, 0.25) is 0 Å². The number of hydrogen-bond donors (Lipinski definition) is 1. The van der Waals surface area contributed by atoms with E-state index in [1.54, 1.807) is 12.4 Å². The van der Waals surface area contributed by atoms with E-state index in [0.29, 0.717) is 31.1 Å². The fourth-order valence-electron chi connectivity index (χ4n) is 3.62. The second-order valence-electron chi connectivity index (χ2n) is 6.94. The van der Waals surface area contributed by atoms with Crippen molar-refractivity contribution in [3.8, 4) is 5.75 Å². The first kappa shape index (κ1) is 18.7. The minimum Gasteiger partial charge on any atom is -0.494 e. The molecule has 2 aromatic rings. The zero-order chi connectivity index (χ0) is 19.4. The molecule has 1 amide bonds. The number of anilines is 2. The molecule has 0 bridgehead atoms. The summed E-state index contributed by atoms with van der Waals surface area (Å²) in [5.41, 5.74) is 2.18. The fourth-order valence-corrected chi connectivity index (χ4v) is 3.62. The number of amides is 1. The van der Waals surface area contributed by atoms with Gasteiger partial charge in [0.05, 0.1) is 37.3 Å². The standard InChI is InChI=1S/C21H25N3O4/c1-2-26-19-5-3-17(4-6-19)23-20(25)16-13-18(15-22-14-16)24-9-7-21(8-10-24)27-11-12-28-21/h3-6,13-15H,2,7-12H2,1H3,(H,23,25). The van der Waals surface area contributed by atoms with Gasteiger partial charge in [-0.1, -0.05) is 0 Å². The van der Waals surface area contributed by atoms with E-state index in [1.807, 2.05) is 37.3 Å². The Balaban J connectivity index is 1.39. The molecule has 2 aliphatic heterocycles. The van der Waals surface area contributed by atoms with Gasteiger partial charge in [0.1, 0.15) is 5.75 Å². The highest BCUT2D eigenvalue weighted by molar-refractivity contribution is 6.04. The number of aromatic nitrogens is 1. The van der Waals surface area contributed by atoms with Crippen molar-refractivity contribution in [2.24, 2.45) is 0 Å². The van der Waals surface area contributed by atoms with Gasteiger partial charge in [-0.15, -0.1) is 0 Å². The second kappa shape index (κ2) is 8.16. The lowest BCUT2D eigenvalue weighted by Crippen LogP contribution is -2.45. The topological polar surface area (TPSA) is 72.9 Å². The van der Waals surface area contributed by atoms with Crippen LogP contribution in [0.4, 0.5) is 11.4 Å². The van der Waals surface area contributed by atoms with Crippen molar-refractivity contribution in [2.45, 2.75) is 25.6 Å². The Kier molecular flexibility index (Phi) is 5.45. The highest BCUT2D eigenvalue weighted by Gasteiger charge is 2.39. The van der Waals surface area contributed by atoms with E-state index in [4.69, 9.17) is 14.2 Å². The monoisotopic (exact) mass is 383 g/mol. The number of pyridine rings is 1. The smallest absolute Gasteiger partial charge is 0.257 e. The van der Waals surface area contributed by atoms with Gasteiger partial charge in [0.25, 0.3) is 5.91 Å². The highest BCUT2D eigenvalue weighted by atomic mass is 16.7. The molecule has 1 aromatic heterocycles. The quantitative estimate of drug-likeness (QED) is 0.855. The number of hydrogen-bond acceptors (Lipinski definition) is 6. The van der Waals surface area contributed by atoms with Crippen molar-refractivity contribution in [1.82, 2.24) is 4.98 Å². The molecule has 2 saturated heterocycles. The Labute approximate surface area is 164 Å². The van der Waals surface area contributed by atoms with Crippen LogP contribution in [0.25, 0.3) is 0 Å². The zero-order valence-electron chi connectivity index (χ0n) is 16.0. The lowest BCUT2D eigenvalue weighted by molar-refractivity contribution is -0.169. The van der Waals surface area contributed by atoms with Crippen molar-refractivity contribution in [3.63, 3.8) is 0 Å². The van der Waals surface area contributed by atoms with E-state index >= 15 is 0 Å². The first-order chi connectivity index (χ1) is 13.7. The molecular formula is C21H25N3O4. The maximum absolute atomic E-state index is 12.6. The number of benzene rings is 1. The fraction of sp³-hybridized carbons (Fsp3) is 0.429. The molecule has 0 aliphatic carbocycles. The Bertz CT molecular complexity index is 809. The van der Waals surface area contributed by atoms with Crippen LogP contribution in [0.3, 0.4) is 0 Å². The summed E-state index contributed by atoms with van der Waals surface area (Å²) in [6, 6.07) is 9.21. The third-order valence-corrected chi connectivity index (χ3v) is 5.11. The molecule has 7 nitrogen and oxygen atoms in total. The Morgan fingerprint density at radius 2 is 1.89 bits per heavy atom. The molecular weight excluding hydrogens is 358 g/mol. The van der Waals surface area contributed by atoms with Gasteiger partial charge in [-0.25, -0.2) is 0 Å². The normalized spacial score (nSPS) is 18.2. The summed E-state index contributed by atoms with van der Waals surface area (Å²) in [6.45, 7) is 5.51. The van der Waals surface area contributed by atoms with Crippen LogP contribution >= 0.6 is 0 Å². The van der Waals surface area contributed by atoms with Crippen molar-refractivity contribution in [1.29, 1.82) is 0 Å². The molecule has 4 rings (SSSR count). The van der Waals surface area contributed by atoms with E-state index in [2.05, 4.69) is 15.2 Å². The van der Waals surface area contributed by atoms with E-state index in [1.165, 1.54) is 0 Å². The van der Waals surface area contributed by atoms with Gasteiger partial charge in [-0.3, -0.25) is 9.78 Å². The summed E-state index contributed by atoms with van der Waals surface area (Å²) in [4.78, 5) is 19.1. The van der Waals surface area contributed by atoms with Crippen LogP contribution in [-0.4, -0.2) is 49.6 Å². The summed E-state index contributed by atoms with van der Waals surface area (Å²) in [6.07, 6.45) is 5.01. The average molecular weight is 383 g/mol. The number of nitrogens with zero attached hydrogens (tertiary/aromatic N) is 2. The van der Waals surface area contributed by atoms with Crippen LogP contribution < -0.4 is 15.0 Å². The lowest BCUT2D eigenvalue weighted by atomic mass is 10.0. The molecule has 1 aromatic carbocycles. The number of piperidine rings is 1. The molecule has 3 heterocycles. The van der Waals surface area contributed by atoms with Gasteiger partial charge in [-0.05, 0) is 37.3 Å². The molecule has 7 heteroatoms. The Morgan fingerprint density at radius 1 is 1.18 bits per heavy atom. The minimum atomic E-state index is -0.410. The van der Waals surface area contributed by atoms with E-state index < -0.39 is 5.79 Å². The molecule has 2 aliphatic rings. The minimum absolute atomic E-state index is 0.186. The lowest BCUT2D eigenvalue weighted by Gasteiger charge is -2.38. The van der Waals surface area contributed by atoms with Crippen LogP contribution in [0.1, 0.15) is 30.1 Å². The van der Waals surface area contributed by atoms with Crippen LogP contribution in [0, 0.1) is 0 Å². The van der Waals surface area contributed by atoms with Crippen molar-refractivity contribution < 1.29 is 19.0 Å². The molecule has 1 spiro atoms. The van der Waals surface area contributed by atoms with Gasteiger partial charge >= 0.3 is 0 Å². The van der Waals surface area contributed by atoms with Gasteiger partial charge in [0.2, 0.25) is 0 Å². The van der Waals surface area contributed by atoms with Crippen molar-refractivity contribution >= 4 is 17.3 Å². The van der Waals surface area contributed by atoms with Crippen molar-refractivity contribution in [2.75, 3.05) is 43.1 Å². The molecule has 0 unspecified atom stereocenters. The molecule has 148 valence electrons. The van der Waals surface area contributed by atoms with Gasteiger partial charge < -0.3 is 24.4 Å². The molecule has 28 heavy (non-hydrogen) atoms. The SMILES string of the molecule is CCOc1ccc(NC(=O)c2cncc(N3CCC4(CC3)OCCO4)c2)cc1. The Morgan fingerprint density at radius 3 is 2.57 bits per heavy atom. The predicted octanol–water partition coefficient (Wildman–Crippen LogP) is 3.08. The maximum atomic E-state index is 12.6. The predicted molar refractivity (Wildman–Crippen MR) is 106 cm³/mol. The van der Waals surface area contributed by atoms with Gasteiger partial charge in [0.15, 0.2) is 5.79 Å². The third-order valence-electron chi connectivity index (χ3n) is 5.11. The van der Waals surface area contributed by atoms with Crippen molar-refractivity contribution in [3.05, 3.63) is 48.3 Å². The van der Waals surface area contributed by atoms with Crippen LogP contribution in [0.5, 0.6) is 5.75 Å². The summed E-state index contributed by atoms with van der Waals surface area (Å²) < 4.78 is 17.0. The second-order valence-corrected chi connectivity index (χ2v) is 6.94. The third kappa shape index (κ3) is 4.10. The van der Waals surface area contributed by atoms with E-state index in [0.717, 1.165) is 37.4 Å². The number of carbonyl (C=O) groups is 1. The van der Waals surface area contributed by atoms with Gasteiger partial charge in [-0.2, -0.15) is 0 Å². The molecule has 2 fully saturated rings. The molecule has 0 saturated carbocycles. The molecule has 1 N–H and O–H groups in total. The van der Waals surface area contributed by atoms with Crippen LogP contribution in [-0.2, 0) is 9.47 Å². The number of ether oxygens (including phenoxy) is 3. The summed E-state index contributed by atoms with van der Waals surface area (Å²) in [5.74, 6) is 0.184. The summed E-state index contributed by atoms with van der Waals surface area (Å²) in [7, 11) is 0. The molecule has 0 radical (unpaired) electrons. The van der Waals surface area contributed by atoms with E-state index in [9.17, 15) is 4.79 Å². The van der Waals surface area contributed by atoms with Gasteiger partial charge in [0, 0.05) is 37.8 Å². The number of carbonyl (C=O) groups excluding carboxylic acids is 1. The first-order valence-corrected chi connectivity index (χ1v) is 9.70. The molecule has 0 atom stereocenters. The first-order valence-electron chi connectivity index (χ1n) is 9.70. The average Bonchev–Trinajstić information content (AvgIpc) is 3.18. The number of rotatable bonds is 5. The van der Waals surface area contributed by atoms with Crippen LogP contribution in [0.15, 0.2) is 42.7 Å². The van der Waals surface area contributed by atoms with E-state index in [-0.39, 0.29) is 5.91 Å². The largest absolute Gasteiger partial charge is 0.494 e.